The minimum atomic E-state index is 0.355. The second-order valence-electron chi connectivity index (χ2n) is 7.15. The lowest BCUT2D eigenvalue weighted by atomic mass is 10.1. The summed E-state index contributed by atoms with van der Waals surface area (Å²) in [6.07, 6.45) is 8.79. The quantitative estimate of drug-likeness (QED) is 0.796. The summed E-state index contributed by atoms with van der Waals surface area (Å²) >= 11 is 0. The van der Waals surface area contributed by atoms with Crippen LogP contribution in [0.1, 0.15) is 31.2 Å². The number of benzene rings is 1. The average molecular weight is 341 g/mol. The molecule has 2 aliphatic rings. The standard InChI is InChI=1S/C21H31N3O/c25-21(24-13-5-2-6-14-24)11-15-23-18-16-22(17-19-23)12-7-10-20-8-3-1-4-9-20/h1,3-4,7-10H,2,5-6,11-19H2/b10-7+. The lowest BCUT2D eigenvalue weighted by Gasteiger charge is -2.34. The molecule has 0 radical (unpaired) electrons. The van der Waals surface area contributed by atoms with Crippen molar-refractivity contribution in [2.45, 2.75) is 25.7 Å². The largest absolute Gasteiger partial charge is 0.343 e. The fourth-order valence-electron chi connectivity index (χ4n) is 3.65. The summed E-state index contributed by atoms with van der Waals surface area (Å²) in [5, 5.41) is 0. The van der Waals surface area contributed by atoms with Crippen molar-refractivity contribution in [3.05, 3.63) is 42.0 Å². The minimum absolute atomic E-state index is 0.355. The van der Waals surface area contributed by atoms with Crippen LogP contribution in [0, 0.1) is 0 Å². The number of hydrogen-bond donors (Lipinski definition) is 0. The number of nitrogens with zero attached hydrogens (tertiary/aromatic N) is 3. The molecule has 1 aromatic rings. The Morgan fingerprint density at radius 2 is 1.56 bits per heavy atom. The van der Waals surface area contributed by atoms with Gasteiger partial charge in [0.2, 0.25) is 5.91 Å². The highest BCUT2D eigenvalue weighted by Gasteiger charge is 2.19. The maximum absolute atomic E-state index is 12.3. The van der Waals surface area contributed by atoms with E-state index in [2.05, 4.69) is 51.1 Å². The van der Waals surface area contributed by atoms with Crippen LogP contribution in [0.3, 0.4) is 0 Å². The van der Waals surface area contributed by atoms with Crippen LogP contribution in [0.15, 0.2) is 36.4 Å². The first kappa shape index (κ1) is 18.2. The van der Waals surface area contributed by atoms with Crippen molar-refractivity contribution in [1.29, 1.82) is 0 Å². The monoisotopic (exact) mass is 341 g/mol. The van der Waals surface area contributed by atoms with E-state index in [-0.39, 0.29) is 0 Å². The summed E-state index contributed by atoms with van der Waals surface area (Å²) in [5.74, 6) is 0.355. The smallest absolute Gasteiger partial charge is 0.223 e. The number of rotatable bonds is 6. The van der Waals surface area contributed by atoms with Gasteiger partial charge in [0.1, 0.15) is 0 Å². The zero-order valence-corrected chi connectivity index (χ0v) is 15.3. The van der Waals surface area contributed by atoms with E-state index in [0.717, 1.165) is 52.4 Å². The van der Waals surface area contributed by atoms with E-state index in [9.17, 15) is 4.79 Å². The molecular formula is C21H31N3O. The Balaban J connectivity index is 1.32. The van der Waals surface area contributed by atoms with Crippen LogP contribution in [-0.2, 0) is 4.79 Å². The summed E-state index contributed by atoms with van der Waals surface area (Å²) in [6.45, 7) is 8.21. The van der Waals surface area contributed by atoms with Gasteiger partial charge in [-0.15, -0.1) is 0 Å². The average Bonchev–Trinajstić information content (AvgIpc) is 2.68. The lowest BCUT2D eigenvalue weighted by Crippen LogP contribution is -2.47. The molecule has 0 N–H and O–H groups in total. The molecule has 2 heterocycles. The summed E-state index contributed by atoms with van der Waals surface area (Å²) in [5.41, 5.74) is 1.26. The van der Waals surface area contributed by atoms with Crippen LogP contribution in [0.2, 0.25) is 0 Å². The highest BCUT2D eigenvalue weighted by atomic mass is 16.2. The molecule has 4 nitrogen and oxygen atoms in total. The van der Waals surface area contributed by atoms with Crippen LogP contribution < -0.4 is 0 Å². The molecule has 0 atom stereocenters. The number of amides is 1. The van der Waals surface area contributed by atoms with Crippen molar-refractivity contribution < 1.29 is 4.79 Å². The fourth-order valence-corrected chi connectivity index (χ4v) is 3.65. The van der Waals surface area contributed by atoms with Crippen molar-refractivity contribution in [3.63, 3.8) is 0 Å². The third kappa shape index (κ3) is 5.98. The van der Waals surface area contributed by atoms with Crippen molar-refractivity contribution in [1.82, 2.24) is 14.7 Å². The number of carbonyl (C=O) groups excluding carboxylic acids is 1. The van der Waals surface area contributed by atoms with Crippen LogP contribution in [0.5, 0.6) is 0 Å². The van der Waals surface area contributed by atoms with E-state index in [1.54, 1.807) is 0 Å². The van der Waals surface area contributed by atoms with Gasteiger partial charge < -0.3 is 9.80 Å². The topological polar surface area (TPSA) is 26.8 Å². The molecule has 1 aromatic carbocycles. The summed E-state index contributed by atoms with van der Waals surface area (Å²) in [7, 11) is 0. The molecular weight excluding hydrogens is 310 g/mol. The normalized spacial score (nSPS) is 20.2. The SMILES string of the molecule is O=C(CCN1CCN(C/C=C/c2ccccc2)CC1)N1CCCCC1. The minimum Gasteiger partial charge on any atom is -0.343 e. The van der Waals surface area contributed by atoms with Crippen LogP contribution in [0.4, 0.5) is 0 Å². The first-order valence-electron chi connectivity index (χ1n) is 9.75. The van der Waals surface area contributed by atoms with Gasteiger partial charge in [-0.05, 0) is 24.8 Å². The Morgan fingerprint density at radius 1 is 0.880 bits per heavy atom. The van der Waals surface area contributed by atoms with Gasteiger partial charge in [-0.1, -0.05) is 42.5 Å². The van der Waals surface area contributed by atoms with Crippen LogP contribution in [-0.4, -0.2) is 73.0 Å². The summed E-state index contributed by atoms with van der Waals surface area (Å²) in [6, 6.07) is 10.5. The Hall–Kier alpha value is -1.65. The van der Waals surface area contributed by atoms with E-state index in [0.29, 0.717) is 12.3 Å². The molecule has 4 heteroatoms. The Bertz CT molecular complexity index is 544. The molecule has 1 amide bonds. The molecule has 0 spiro atoms. The third-order valence-corrected chi connectivity index (χ3v) is 5.29. The summed E-state index contributed by atoms with van der Waals surface area (Å²) in [4.78, 5) is 19.3. The third-order valence-electron chi connectivity index (χ3n) is 5.29. The van der Waals surface area contributed by atoms with E-state index in [1.165, 1.54) is 24.8 Å². The number of carbonyl (C=O) groups is 1. The van der Waals surface area contributed by atoms with E-state index in [4.69, 9.17) is 0 Å². The van der Waals surface area contributed by atoms with E-state index >= 15 is 0 Å². The maximum atomic E-state index is 12.3. The Morgan fingerprint density at radius 3 is 2.28 bits per heavy atom. The highest BCUT2D eigenvalue weighted by Crippen LogP contribution is 2.11. The fraction of sp³-hybridized carbons (Fsp3) is 0.571. The van der Waals surface area contributed by atoms with Gasteiger partial charge in [0.15, 0.2) is 0 Å². The Labute approximate surface area is 152 Å². The van der Waals surface area contributed by atoms with Gasteiger partial charge in [-0.3, -0.25) is 9.69 Å². The van der Waals surface area contributed by atoms with Gasteiger partial charge in [-0.2, -0.15) is 0 Å². The van der Waals surface area contributed by atoms with Gasteiger partial charge >= 0.3 is 0 Å². The van der Waals surface area contributed by atoms with Gasteiger partial charge in [0.25, 0.3) is 0 Å². The van der Waals surface area contributed by atoms with Gasteiger partial charge in [0.05, 0.1) is 0 Å². The van der Waals surface area contributed by atoms with Crippen molar-refractivity contribution in [2.75, 3.05) is 52.4 Å². The van der Waals surface area contributed by atoms with Crippen molar-refractivity contribution in [2.24, 2.45) is 0 Å². The molecule has 0 saturated carbocycles. The maximum Gasteiger partial charge on any atom is 0.223 e. The molecule has 0 aliphatic carbocycles. The molecule has 0 aromatic heterocycles. The summed E-state index contributed by atoms with van der Waals surface area (Å²) < 4.78 is 0. The van der Waals surface area contributed by atoms with Gasteiger partial charge in [0, 0.05) is 58.8 Å². The molecule has 2 fully saturated rings. The van der Waals surface area contributed by atoms with Gasteiger partial charge in [-0.25, -0.2) is 0 Å². The number of hydrogen-bond acceptors (Lipinski definition) is 3. The predicted molar refractivity (Wildman–Crippen MR) is 103 cm³/mol. The zero-order chi connectivity index (χ0) is 17.3. The number of likely N-dealkylation sites (tertiary alicyclic amines) is 1. The van der Waals surface area contributed by atoms with E-state index in [1.807, 2.05) is 6.07 Å². The first-order chi connectivity index (χ1) is 12.3. The molecule has 2 saturated heterocycles. The molecule has 0 unspecified atom stereocenters. The molecule has 0 bridgehead atoms. The molecule has 136 valence electrons. The molecule has 25 heavy (non-hydrogen) atoms. The second-order valence-corrected chi connectivity index (χ2v) is 7.15. The zero-order valence-electron chi connectivity index (χ0n) is 15.3. The second kappa shape index (κ2) is 9.73. The van der Waals surface area contributed by atoms with Crippen LogP contribution in [0.25, 0.3) is 6.08 Å². The number of piperidine rings is 1. The van der Waals surface area contributed by atoms with Crippen molar-refractivity contribution >= 4 is 12.0 Å². The lowest BCUT2D eigenvalue weighted by molar-refractivity contribution is -0.132. The van der Waals surface area contributed by atoms with Crippen LogP contribution >= 0.6 is 0 Å². The van der Waals surface area contributed by atoms with Crippen molar-refractivity contribution in [3.8, 4) is 0 Å². The predicted octanol–water partition coefficient (Wildman–Crippen LogP) is 2.72. The number of piperazine rings is 1. The first-order valence-corrected chi connectivity index (χ1v) is 9.75. The molecule has 2 aliphatic heterocycles. The highest BCUT2D eigenvalue weighted by molar-refractivity contribution is 5.76. The molecule has 3 rings (SSSR count). The van der Waals surface area contributed by atoms with E-state index < -0.39 is 0 Å². The Kier molecular flexibility index (Phi) is 7.07.